The van der Waals surface area contributed by atoms with Crippen molar-refractivity contribution in [3.05, 3.63) is 47.3 Å². The van der Waals surface area contributed by atoms with Crippen LogP contribution in [-0.2, 0) is 0 Å². The molecule has 9 heteroatoms. The van der Waals surface area contributed by atoms with Gasteiger partial charge in [-0.3, -0.25) is 10.2 Å². The molecule has 4 aromatic heterocycles. The Hall–Kier alpha value is -3.07. The van der Waals surface area contributed by atoms with Gasteiger partial charge in [0.15, 0.2) is 17.1 Å². The number of nitrogens with one attached hydrogen (secondary N) is 2. The molecule has 0 aliphatic carbocycles. The van der Waals surface area contributed by atoms with Crippen molar-refractivity contribution in [2.45, 2.75) is 0 Å². The van der Waals surface area contributed by atoms with Gasteiger partial charge in [-0.15, -0.1) is 5.10 Å². The zero-order valence-electron chi connectivity index (χ0n) is 12.1. The fraction of sp³-hybridized carbons (Fsp3) is 0. The van der Waals surface area contributed by atoms with Gasteiger partial charge in [-0.05, 0) is 18.2 Å². The zero-order valence-corrected chi connectivity index (χ0v) is 13.7. The quantitative estimate of drug-likeness (QED) is 0.490. The summed E-state index contributed by atoms with van der Waals surface area (Å²) < 4.78 is 2.64. The van der Waals surface area contributed by atoms with E-state index in [1.807, 2.05) is 30.3 Å². The minimum atomic E-state index is 0.555. The third kappa shape index (κ3) is 2.02. The fourth-order valence-corrected chi connectivity index (χ4v) is 2.99. The lowest BCUT2D eigenvalue weighted by Gasteiger charge is -1.95. The van der Waals surface area contributed by atoms with Crippen molar-refractivity contribution in [3.8, 4) is 22.8 Å². The molecule has 0 aliphatic heterocycles. The molecule has 1 aromatic carbocycles. The Balaban J connectivity index is 1.63. The van der Waals surface area contributed by atoms with Gasteiger partial charge in [0.05, 0.1) is 17.3 Å². The Morgan fingerprint density at radius 3 is 3.00 bits per heavy atom. The lowest BCUT2D eigenvalue weighted by atomic mass is 10.1. The average Bonchev–Trinajstić information content (AvgIpc) is 3.31. The first-order valence-corrected chi connectivity index (χ1v) is 7.93. The van der Waals surface area contributed by atoms with E-state index in [1.54, 1.807) is 17.0 Å². The van der Waals surface area contributed by atoms with E-state index in [1.165, 1.54) is 0 Å². The van der Waals surface area contributed by atoms with Crippen molar-refractivity contribution in [2.24, 2.45) is 0 Å². The number of aromatic nitrogens is 8. The normalized spacial score (nSPS) is 11.5. The zero-order chi connectivity index (χ0) is 16.1. The number of hydrogen-bond acceptors (Lipinski definition) is 5. The van der Waals surface area contributed by atoms with Crippen LogP contribution in [0.15, 0.2) is 47.3 Å². The van der Waals surface area contributed by atoms with Crippen molar-refractivity contribution in [3.63, 3.8) is 0 Å². The van der Waals surface area contributed by atoms with Gasteiger partial charge in [-0.25, -0.2) is 14.5 Å². The van der Waals surface area contributed by atoms with Gasteiger partial charge >= 0.3 is 0 Å². The van der Waals surface area contributed by atoms with Gasteiger partial charge in [0.25, 0.3) is 0 Å². The first-order valence-electron chi connectivity index (χ1n) is 7.14. The molecule has 5 rings (SSSR count). The molecule has 0 atom stereocenters. The summed E-state index contributed by atoms with van der Waals surface area (Å²) in [4.78, 5) is 8.83. The van der Waals surface area contributed by atoms with E-state index >= 15 is 0 Å². The van der Waals surface area contributed by atoms with Crippen molar-refractivity contribution in [1.82, 2.24) is 40.0 Å². The van der Waals surface area contributed by atoms with Crippen LogP contribution in [0.25, 0.3) is 39.5 Å². The van der Waals surface area contributed by atoms with Crippen LogP contribution in [-0.4, -0.2) is 40.0 Å². The minimum absolute atomic E-state index is 0.555. The Labute approximate surface area is 143 Å². The van der Waals surface area contributed by atoms with E-state index in [2.05, 4.69) is 51.4 Å². The summed E-state index contributed by atoms with van der Waals surface area (Å²) in [7, 11) is 0. The molecule has 0 spiro atoms. The van der Waals surface area contributed by atoms with Crippen LogP contribution < -0.4 is 0 Å². The summed E-state index contributed by atoms with van der Waals surface area (Å²) >= 11 is 3.47. The average molecular weight is 381 g/mol. The fourth-order valence-electron chi connectivity index (χ4n) is 2.59. The molecule has 8 nitrogen and oxygen atoms in total. The Bertz CT molecular complexity index is 1180. The van der Waals surface area contributed by atoms with E-state index in [0.717, 1.165) is 26.8 Å². The number of benzene rings is 1. The largest absolute Gasteiger partial charge is 0.274 e. The van der Waals surface area contributed by atoms with Gasteiger partial charge in [0, 0.05) is 10.0 Å². The molecule has 0 amide bonds. The second-order valence-corrected chi connectivity index (χ2v) is 6.17. The molecule has 0 unspecified atom stereocenters. The topological polar surface area (TPSA) is 100 Å². The molecule has 0 saturated carbocycles. The van der Waals surface area contributed by atoms with Gasteiger partial charge in [0.1, 0.15) is 12.0 Å². The number of fused-ring (bicyclic) bond motifs is 3. The smallest absolute Gasteiger partial charge is 0.200 e. The second kappa shape index (κ2) is 4.96. The number of halogens is 1. The van der Waals surface area contributed by atoms with Crippen molar-refractivity contribution in [2.75, 3.05) is 0 Å². The summed E-state index contributed by atoms with van der Waals surface area (Å²) in [5.74, 6) is 0.555. The molecule has 4 heterocycles. The van der Waals surface area contributed by atoms with Crippen LogP contribution in [0.4, 0.5) is 0 Å². The summed E-state index contributed by atoms with van der Waals surface area (Å²) in [6.07, 6.45) is 3.30. The van der Waals surface area contributed by atoms with E-state index < -0.39 is 0 Å². The van der Waals surface area contributed by atoms with Gasteiger partial charge in [-0.2, -0.15) is 10.2 Å². The maximum atomic E-state index is 4.58. The summed E-state index contributed by atoms with van der Waals surface area (Å²) in [5, 5.41) is 19.4. The number of nitrogens with zero attached hydrogens (tertiary/aromatic N) is 6. The number of hydrogen-bond donors (Lipinski definition) is 2. The maximum absolute atomic E-state index is 4.58. The lowest BCUT2D eigenvalue weighted by molar-refractivity contribution is 0.929. The Morgan fingerprint density at radius 2 is 2.08 bits per heavy atom. The van der Waals surface area contributed by atoms with Gasteiger partial charge in [0.2, 0.25) is 0 Å². The Kier molecular flexibility index (Phi) is 2.77. The highest BCUT2D eigenvalue weighted by Gasteiger charge is 2.13. The Morgan fingerprint density at radius 1 is 1.12 bits per heavy atom. The standard InChI is InChI=1S/C15H9BrN8/c16-9-3-1-2-8(4-9)11-5-12(21-20-11)14-19-15-10-6-18-22-13(10)17-7-24(15)23-14/h1-7H,(H,18,22)(H,20,21). The summed E-state index contributed by atoms with van der Waals surface area (Å²) in [5.41, 5.74) is 3.96. The van der Waals surface area contributed by atoms with E-state index in [9.17, 15) is 0 Å². The molecule has 2 N–H and O–H groups in total. The molecule has 116 valence electrons. The maximum Gasteiger partial charge on any atom is 0.200 e. The van der Waals surface area contributed by atoms with Crippen LogP contribution in [0.5, 0.6) is 0 Å². The van der Waals surface area contributed by atoms with E-state index in [4.69, 9.17) is 0 Å². The molecule has 0 saturated heterocycles. The highest BCUT2D eigenvalue weighted by atomic mass is 79.9. The predicted octanol–water partition coefficient (Wildman–Crippen LogP) is 2.82. The van der Waals surface area contributed by atoms with E-state index in [-0.39, 0.29) is 0 Å². The number of H-pyrrole nitrogens is 2. The number of aromatic amines is 2. The molecule has 5 aromatic rings. The molecule has 0 aliphatic rings. The third-order valence-corrected chi connectivity index (χ3v) is 4.22. The predicted molar refractivity (Wildman–Crippen MR) is 91.2 cm³/mol. The minimum Gasteiger partial charge on any atom is -0.274 e. The van der Waals surface area contributed by atoms with Gasteiger partial charge < -0.3 is 0 Å². The first-order chi connectivity index (χ1) is 11.8. The molecule has 0 fully saturated rings. The first kappa shape index (κ1) is 13.4. The number of rotatable bonds is 2. The van der Waals surface area contributed by atoms with E-state index in [0.29, 0.717) is 17.1 Å². The van der Waals surface area contributed by atoms with Crippen molar-refractivity contribution in [1.29, 1.82) is 0 Å². The van der Waals surface area contributed by atoms with Crippen LogP contribution in [0.2, 0.25) is 0 Å². The second-order valence-electron chi connectivity index (χ2n) is 5.26. The van der Waals surface area contributed by atoms with Crippen molar-refractivity contribution < 1.29 is 0 Å². The highest BCUT2D eigenvalue weighted by molar-refractivity contribution is 9.10. The molecular formula is C15H9BrN8. The van der Waals surface area contributed by atoms with Crippen LogP contribution in [0, 0.1) is 0 Å². The highest BCUT2D eigenvalue weighted by Crippen LogP contribution is 2.25. The summed E-state index contributed by atoms with van der Waals surface area (Å²) in [6, 6.07) is 9.88. The summed E-state index contributed by atoms with van der Waals surface area (Å²) in [6.45, 7) is 0. The van der Waals surface area contributed by atoms with Crippen LogP contribution >= 0.6 is 15.9 Å². The molecule has 24 heavy (non-hydrogen) atoms. The SMILES string of the molecule is Brc1cccc(-c2cc(-c3nc4c5cn[nH]c5ncn4n3)[nH]n2)c1. The van der Waals surface area contributed by atoms with Crippen LogP contribution in [0.3, 0.4) is 0 Å². The monoisotopic (exact) mass is 380 g/mol. The molecule has 0 radical (unpaired) electrons. The van der Waals surface area contributed by atoms with Gasteiger partial charge in [-0.1, -0.05) is 28.1 Å². The lowest BCUT2D eigenvalue weighted by Crippen LogP contribution is -1.89. The van der Waals surface area contributed by atoms with Crippen molar-refractivity contribution >= 4 is 32.6 Å². The molecular weight excluding hydrogens is 372 g/mol. The van der Waals surface area contributed by atoms with Crippen LogP contribution in [0.1, 0.15) is 0 Å². The molecule has 0 bridgehead atoms. The third-order valence-electron chi connectivity index (χ3n) is 3.73.